The van der Waals surface area contributed by atoms with E-state index >= 15 is 0 Å². The van der Waals surface area contributed by atoms with Gasteiger partial charge in [0.15, 0.2) is 0 Å². The molecular weight excluding hydrogens is 250 g/mol. The molecule has 1 aliphatic heterocycles. The Hall–Kier alpha value is -0.320. The van der Waals surface area contributed by atoms with Gasteiger partial charge in [-0.05, 0) is 45.3 Å². The molecule has 2 rings (SSSR count). The lowest BCUT2D eigenvalue weighted by molar-refractivity contribution is -0.136. The van der Waals surface area contributed by atoms with E-state index in [1.54, 1.807) is 0 Å². The molecular formula is C13H26ClN3O. The van der Waals surface area contributed by atoms with Crippen molar-refractivity contribution in [2.75, 3.05) is 39.8 Å². The first-order chi connectivity index (χ1) is 8.22. The SMILES string of the molecule is CN1CCCN(C(=O)[C@@H]2CCC[C@@H]2CN)CC1.Cl. The van der Waals surface area contributed by atoms with Gasteiger partial charge in [0.05, 0.1) is 0 Å². The molecule has 5 heteroatoms. The number of halogens is 1. The molecule has 2 atom stereocenters. The van der Waals surface area contributed by atoms with Crippen molar-refractivity contribution < 1.29 is 4.79 Å². The fraction of sp³-hybridized carbons (Fsp3) is 0.923. The molecule has 0 bridgehead atoms. The van der Waals surface area contributed by atoms with E-state index < -0.39 is 0 Å². The topological polar surface area (TPSA) is 49.6 Å². The van der Waals surface area contributed by atoms with Crippen LogP contribution < -0.4 is 5.73 Å². The van der Waals surface area contributed by atoms with Crippen molar-refractivity contribution in [1.29, 1.82) is 0 Å². The number of carbonyl (C=O) groups is 1. The summed E-state index contributed by atoms with van der Waals surface area (Å²) in [6.45, 7) is 4.60. The highest BCUT2D eigenvalue weighted by atomic mass is 35.5. The van der Waals surface area contributed by atoms with E-state index in [0.29, 0.717) is 18.4 Å². The molecule has 0 spiro atoms. The van der Waals surface area contributed by atoms with E-state index in [-0.39, 0.29) is 18.3 Å². The zero-order valence-corrected chi connectivity index (χ0v) is 12.1. The quantitative estimate of drug-likeness (QED) is 0.816. The van der Waals surface area contributed by atoms with Crippen LogP contribution in [0.3, 0.4) is 0 Å². The molecule has 2 aliphatic rings. The number of amides is 1. The van der Waals surface area contributed by atoms with Gasteiger partial charge in [0, 0.05) is 25.6 Å². The summed E-state index contributed by atoms with van der Waals surface area (Å²) in [5, 5.41) is 0. The largest absolute Gasteiger partial charge is 0.341 e. The maximum Gasteiger partial charge on any atom is 0.226 e. The van der Waals surface area contributed by atoms with E-state index in [4.69, 9.17) is 5.73 Å². The summed E-state index contributed by atoms with van der Waals surface area (Å²) in [4.78, 5) is 16.9. The second kappa shape index (κ2) is 7.31. The Morgan fingerprint density at radius 3 is 2.67 bits per heavy atom. The van der Waals surface area contributed by atoms with Gasteiger partial charge in [-0.2, -0.15) is 0 Å². The van der Waals surface area contributed by atoms with Crippen LogP contribution in [0.4, 0.5) is 0 Å². The Morgan fingerprint density at radius 2 is 1.94 bits per heavy atom. The van der Waals surface area contributed by atoms with Gasteiger partial charge in [-0.15, -0.1) is 12.4 Å². The zero-order valence-electron chi connectivity index (χ0n) is 11.3. The summed E-state index contributed by atoms with van der Waals surface area (Å²) in [5.74, 6) is 1.01. The van der Waals surface area contributed by atoms with Crippen LogP contribution in [-0.4, -0.2) is 55.5 Å². The van der Waals surface area contributed by atoms with Gasteiger partial charge in [-0.3, -0.25) is 4.79 Å². The van der Waals surface area contributed by atoms with E-state index in [9.17, 15) is 4.79 Å². The maximum atomic E-state index is 12.5. The second-order valence-electron chi connectivity index (χ2n) is 5.52. The summed E-state index contributed by atoms with van der Waals surface area (Å²) in [6.07, 6.45) is 4.46. The molecule has 1 saturated heterocycles. The third-order valence-corrected chi connectivity index (χ3v) is 4.31. The van der Waals surface area contributed by atoms with Crippen molar-refractivity contribution >= 4 is 18.3 Å². The van der Waals surface area contributed by atoms with Crippen molar-refractivity contribution in [2.24, 2.45) is 17.6 Å². The molecule has 1 heterocycles. The van der Waals surface area contributed by atoms with Crippen LogP contribution in [0.5, 0.6) is 0 Å². The first-order valence-corrected chi connectivity index (χ1v) is 6.89. The van der Waals surface area contributed by atoms with Crippen LogP contribution in [0.15, 0.2) is 0 Å². The summed E-state index contributed by atoms with van der Waals surface area (Å²) in [5.41, 5.74) is 5.77. The van der Waals surface area contributed by atoms with Crippen molar-refractivity contribution in [3.05, 3.63) is 0 Å². The lowest BCUT2D eigenvalue weighted by Crippen LogP contribution is -2.40. The molecule has 0 aromatic heterocycles. The second-order valence-corrected chi connectivity index (χ2v) is 5.52. The van der Waals surface area contributed by atoms with Gasteiger partial charge in [-0.1, -0.05) is 6.42 Å². The molecule has 1 aliphatic carbocycles. The molecule has 0 aromatic carbocycles. The number of nitrogens with two attached hydrogens (primary N) is 1. The first-order valence-electron chi connectivity index (χ1n) is 6.89. The van der Waals surface area contributed by atoms with Crippen molar-refractivity contribution in [3.8, 4) is 0 Å². The Bertz CT molecular complexity index is 275. The van der Waals surface area contributed by atoms with Crippen LogP contribution in [0.25, 0.3) is 0 Å². The normalized spacial score (nSPS) is 29.8. The van der Waals surface area contributed by atoms with Crippen LogP contribution >= 0.6 is 12.4 Å². The minimum Gasteiger partial charge on any atom is -0.341 e. The summed E-state index contributed by atoms with van der Waals surface area (Å²) in [7, 11) is 2.13. The van der Waals surface area contributed by atoms with Crippen LogP contribution in [-0.2, 0) is 4.79 Å². The highest BCUT2D eigenvalue weighted by Gasteiger charge is 2.34. The van der Waals surface area contributed by atoms with Crippen molar-refractivity contribution in [3.63, 3.8) is 0 Å². The maximum absolute atomic E-state index is 12.5. The van der Waals surface area contributed by atoms with Gasteiger partial charge in [0.1, 0.15) is 0 Å². The van der Waals surface area contributed by atoms with E-state index in [1.807, 2.05) is 0 Å². The number of nitrogens with zero attached hydrogens (tertiary/aromatic N) is 2. The molecule has 4 nitrogen and oxygen atoms in total. The average molecular weight is 276 g/mol. The number of carbonyl (C=O) groups excluding carboxylic acids is 1. The van der Waals surface area contributed by atoms with E-state index in [0.717, 1.165) is 45.4 Å². The number of hydrogen-bond donors (Lipinski definition) is 1. The third-order valence-electron chi connectivity index (χ3n) is 4.31. The number of rotatable bonds is 2. The molecule has 106 valence electrons. The van der Waals surface area contributed by atoms with Gasteiger partial charge in [-0.25, -0.2) is 0 Å². The zero-order chi connectivity index (χ0) is 12.3. The monoisotopic (exact) mass is 275 g/mol. The Kier molecular flexibility index (Phi) is 6.39. The Balaban J connectivity index is 0.00000162. The predicted octanol–water partition coefficient (Wildman–Crippen LogP) is 0.947. The highest BCUT2D eigenvalue weighted by Crippen LogP contribution is 2.32. The molecule has 1 amide bonds. The molecule has 2 N–H and O–H groups in total. The number of likely N-dealkylation sites (N-methyl/N-ethyl adjacent to an activating group) is 1. The lowest BCUT2D eigenvalue weighted by Gasteiger charge is -2.26. The minimum absolute atomic E-state index is 0. The first kappa shape index (κ1) is 15.7. The standard InChI is InChI=1S/C13H25N3O.ClH/c1-15-6-3-7-16(9-8-15)13(17)12-5-2-4-11(12)10-14;/h11-12H,2-10,14H2,1H3;1H/t11-,12-;/m1./s1. The lowest BCUT2D eigenvalue weighted by atomic mass is 9.94. The Labute approximate surface area is 116 Å². The van der Waals surface area contributed by atoms with Crippen LogP contribution in [0.2, 0.25) is 0 Å². The van der Waals surface area contributed by atoms with E-state index in [2.05, 4.69) is 16.8 Å². The van der Waals surface area contributed by atoms with Gasteiger partial charge >= 0.3 is 0 Å². The predicted molar refractivity (Wildman–Crippen MR) is 75.8 cm³/mol. The van der Waals surface area contributed by atoms with Gasteiger partial charge in [0.25, 0.3) is 0 Å². The highest BCUT2D eigenvalue weighted by molar-refractivity contribution is 5.85. The molecule has 1 saturated carbocycles. The minimum atomic E-state index is 0. The fourth-order valence-corrected chi connectivity index (χ4v) is 3.15. The summed E-state index contributed by atoms with van der Waals surface area (Å²) >= 11 is 0. The molecule has 0 unspecified atom stereocenters. The van der Waals surface area contributed by atoms with Gasteiger partial charge in [0.2, 0.25) is 5.91 Å². The van der Waals surface area contributed by atoms with Gasteiger partial charge < -0.3 is 15.5 Å². The Morgan fingerprint density at radius 1 is 1.17 bits per heavy atom. The average Bonchev–Trinajstić information content (AvgIpc) is 2.70. The summed E-state index contributed by atoms with van der Waals surface area (Å²) < 4.78 is 0. The third kappa shape index (κ3) is 3.59. The van der Waals surface area contributed by atoms with E-state index in [1.165, 1.54) is 6.42 Å². The van der Waals surface area contributed by atoms with Crippen LogP contribution in [0.1, 0.15) is 25.7 Å². The molecule has 0 aromatic rings. The van der Waals surface area contributed by atoms with Crippen molar-refractivity contribution in [2.45, 2.75) is 25.7 Å². The number of hydrogen-bond acceptors (Lipinski definition) is 3. The van der Waals surface area contributed by atoms with Crippen LogP contribution in [0, 0.1) is 11.8 Å². The molecule has 2 fully saturated rings. The molecule has 0 radical (unpaired) electrons. The smallest absolute Gasteiger partial charge is 0.226 e. The molecule has 18 heavy (non-hydrogen) atoms. The van der Waals surface area contributed by atoms with Crippen molar-refractivity contribution in [1.82, 2.24) is 9.80 Å². The fourth-order valence-electron chi connectivity index (χ4n) is 3.15. The summed E-state index contributed by atoms with van der Waals surface area (Å²) in [6, 6.07) is 0.